The van der Waals surface area contributed by atoms with Crippen LogP contribution in [0.1, 0.15) is 57.3 Å². The molecule has 0 amide bonds. The van der Waals surface area contributed by atoms with Crippen LogP contribution in [0.2, 0.25) is 0 Å². The van der Waals surface area contributed by atoms with E-state index in [1.165, 1.54) is 0 Å². The number of hydrogen-bond donors (Lipinski definition) is 1. The number of hydrogen-bond acceptors (Lipinski definition) is 4. The second kappa shape index (κ2) is 7.43. The van der Waals surface area contributed by atoms with E-state index in [0.29, 0.717) is 5.92 Å². The average molecular weight is 265 g/mol. The van der Waals surface area contributed by atoms with Crippen LogP contribution in [0.4, 0.5) is 5.82 Å². The van der Waals surface area contributed by atoms with Crippen LogP contribution in [0.5, 0.6) is 0 Å². The lowest BCUT2D eigenvalue weighted by Gasteiger charge is -2.20. The van der Waals surface area contributed by atoms with Crippen LogP contribution in [0.15, 0.2) is 0 Å². The molecule has 1 aromatic heterocycles. The maximum Gasteiger partial charge on any atom is 0.159 e. The minimum absolute atomic E-state index is 0.0481. The summed E-state index contributed by atoms with van der Waals surface area (Å²) in [5, 5.41) is 3.39. The topological polar surface area (TPSA) is 47.0 Å². The molecule has 1 rings (SSSR count). The number of anilines is 1. The molecule has 0 aliphatic rings. The highest BCUT2D eigenvalue weighted by molar-refractivity contribution is 5.46. The van der Waals surface area contributed by atoms with Crippen molar-refractivity contribution in [3.63, 3.8) is 0 Å². The molecule has 0 saturated heterocycles. The molecule has 0 bridgehead atoms. The molecule has 0 saturated carbocycles. The zero-order chi connectivity index (χ0) is 14.4. The van der Waals surface area contributed by atoms with Gasteiger partial charge < -0.3 is 10.1 Å². The lowest BCUT2D eigenvalue weighted by Crippen LogP contribution is -2.17. The van der Waals surface area contributed by atoms with E-state index in [0.717, 1.165) is 42.3 Å². The third-order valence-corrected chi connectivity index (χ3v) is 3.26. The highest BCUT2D eigenvalue weighted by Crippen LogP contribution is 2.25. The Labute approximate surface area is 117 Å². The van der Waals surface area contributed by atoms with Gasteiger partial charge in [-0.15, -0.1) is 0 Å². The molecular formula is C15H27N3O. The summed E-state index contributed by atoms with van der Waals surface area (Å²) in [6, 6.07) is 0. The van der Waals surface area contributed by atoms with Crippen LogP contribution < -0.4 is 5.32 Å². The van der Waals surface area contributed by atoms with Crippen molar-refractivity contribution >= 4 is 5.82 Å². The second-order valence-corrected chi connectivity index (χ2v) is 5.18. The zero-order valence-electron chi connectivity index (χ0n) is 13.1. The molecule has 0 spiro atoms. The fourth-order valence-corrected chi connectivity index (χ4v) is 2.14. The van der Waals surface area contributed by atoms with Gasteiger partial charge >= 0.3 is 0 Å². The van der Waals surface area contributed by atoms with Gasteiger partial charge in [0.15, 0.2) is 5.82 Å². The summed E-state index contributed by atoms with van der Waals surface area (Å²) < 4.78 is 5.54. The molecule has 1 atom stereocenters. The van der Waals surface area contributed by atoms with E-state index in [1.54, 1.807) is 7.11 Å². The quantitative estimate of drug-likeness (QED) is 0.819. The first-order chi connectivity index (χ1) is 9.04. The Morgan fingerprint density at radius 3 is 2.37 bits per heavy atom. The summed E-state index contributed by atoms with van der Waals surface area (Å²) in [5.74, 6) is 2.10. The number of ether oxygens (including phenoxy) is 1. The number of nitrogens with zero attached hydrogens (tertiary/aromatic N) is 2. The fourth-order valence-electron chi connectivity index (χ4n) is 2.14. The highest BCUT2D eigenvalue weighted by Gasteiger charge is 2.20. The van der Waals surface area contributed by atoms with Crippen molar-refractivity contribution < 1.29 is 4.74 Å². The van der Waals surface area contributed by atoms with E-state index < -0.39 is 0 Å². The summed E-state index contributed by atoms with van der Waals surface area (Å²) in [7, 11) is 1.72. The second-order valence-electron chi connectivity index (χ2n) is 5.18. The number of nitrogens with one attached hydrogen (secondary N) is 1. The third-order valence-electron chi connectivity index (χ3n) is 3.26. The molecule has 0 aliphatic carbocycles. The summed E-state index contributed by atoms with van der Waals surface area (Å²) in [6.45, 7) is 11.5. The van der Waals surface area contributed by atoms with Crippen LogP contribution in [0.3, 0.4) is 0 Å². The maximum absolute atomic E-state index is 5.54. The van der Waals surface area contributed by atoms with Crippen LogP contribution in [0.25, 0.3) is 0 Å². The SMILES string of the molecule is CCCNc1nc(C(OC)C(C)C)nc(CC)c1C. The highest BCUT2D eigenvalue weighted by atomic mass is 16.5. The van der Waals surface area contributed by atoms with Gasteiger partial charge in [0, 0.05) is 24.9 Å². The largest absolute Gasteiger partial charge is 0.373 e. The minimum Gasteiger partial charge on any atom is -0.373 e. The standard InChI is InChI=1S/C15H27N3O/c1-7-9-16-14-11(5)12(8-2)17-15(18-14)13(19-6)10(3)4/h10,13H,7-9H2,1-6H3,(H,16,17,18). The van der Waals surface area contributed by atoms with Gasteiger partial charge in [-0.2, -0.15) is 0 Å². The first-order valence-corrected chi connectivity index (χ1v) is 7.19. The fraction of sp³-hybridized carbons (Fsp3) is 0.733. The Bertz CT molecular complexity index is 405. The Hall–Kier alpha value is -1.16. The first-order valence-electron chi connectivity index (χ1n) is 7.19. The molecule has 19 heavy (non-hydrogen) atoms. The van der Waals surface area contributed by atoms with Crippen molar-refractivity contribution in [2.75, 3.05) is 19.0 Å². The minimum atomic E-state index is -0.0481. The van der Waals surface area contributed by atoms with Crippen molar-refractivity contribution in [1.82, 2.24) is 9.97 Å². The summed E-state index contributed by atoms with van der Waals surface area (Å²) in [6.07, 6.45) is 1.95. The molecule has 0 radical (unpaired) electrons. The van der Waals surface area contributed by atoms with Crippen molar-refractivity contribution in [3.05, 3.63) is 17.1 Å². The normalized spacial score (nSPS) is 12.8. The van der Waals surface area contributed by atoms with E-state index in [9.17, 15) is 0 Å². The number of aryl methyl sites for hydroxylation is 1. The summed E-state index contributed by atoms with van der Waals surface area (Å²) in [4.78, 5) is 9.34. The van der Waals surface area contributed by atoms with Crippen molar-refractivity contribution in [3.8, 4) is 0 Å². The van der Waals surface area contributed by atoms with E-state index in [-0.39, 0.29) is 6.10 Å². The van der Waals surface area contributed by atoms with Gasteiger partial charge in [-0.3, -0.25) is 0 Å². The van der Waals surface area contributed by atoms with Crippen LogP contribution in [-0.4, -0.2) is 23.6 Å². The Balaban J connectivity index is 3.18. The van der Waals surface area contributed by atoms with Gasteiger partial charge in [-0.05, 0) is 25.7 Å². The summed E-state index contributed by atoms with van der Waals surface area (Å²) in [5.41, 5.74) is 2.25. The number of rotatable bonds is 7. The average Bonchev–Trinajstić information content (AvgIpc) is 2.39. The van der Waals surface area contributed by atoms with Crippen molar-refractivity contribution in [2.24, 2.45) is 5.92 Å². The molecule has 4 nitrogen and oxygen atoms in total. The smallest absolute Gasteiger partial charge is 0.159 e. The van der Waals surface area contributed by atoms with Gasteiger partial charge in [-0.25, -0.2) is 9.97 Å². The molecule has 1 aromatic rings. The van der Waals surface area contributed by atoms with Gasteiger partial charge in [0.2, 0.25) is 0 Å². The first kappa shape index (κ1) is 15.9. The van der Waals surface area contributed by atoms with Crippen LogP contribution >= 0.6 is 0 Å². The van der Waals surface area contributed by atoms with E-state index in [1.807, 2.05) is 0 Å². The molecule has 4 heteroatoms. The van der Waals surface area contributed by atoms with Gasteiger partial charge in [-0.1, -0.05) is 27.7 Å². The molecule has 1 heterocycles. The van der Waals surface area contributed by atoms with Gasteiger partial charge in [0.05, 0.1) is 0 Å². The molecule has 0 aliphatic heterocycles. The number of aromatic nitrogens is 2. The third kappa shape index (κ3) is 3.90. The van der Waals surface area contributed by atoms with Crippen molar-refractivity contribution in [1.29, 1.82) is 0 Å². The van der Waals surface area contributed by atoms with E-state index in [4.69, 9.17) is 4.74 Å². The van der Waals surface area contributed by atoms with Gasteiger partial charge in [0.1, 0.15) is 11.9 Å². The lowest BCUT2D eigenvalue weighted by atomic mass is 10.1. The molecular weight excluding hydrogens is 238 g/mol. The molecule has 1 unspecified atom stereocenters. The molecule has 108 valence electrons. The predicted molar refractivity (Wildman–Crippen MR) is 79.5 cm³/mol. The molecule has 0 fully saturated rings. The maximum atomic E-state index is 5.54. The van der Waals surface area contributed by atoms with Crippen LogP contribution in [-0.2, 0) is 11.2 Å². The Kier molecular flexibility index (Phi) is 6.22. The lowest BCUT2D eigenvalue weighted by molar-refractivity contribution is 0.0574. The molecule has 1 N–H and O–H groups in total. The van der Waals surface area contributed by atoms with Crippen molar-refractivity contribution in [2.45, 2.75) is 53.6 Å². The van der Waals surface area contributed by atoms with E-state index >= 15 is 0 Å². The Morgan fingerprint density at radius 1 is 1.21 bits per heavy atom. The Morgan fingerprint density at radius 2 is 1.89 bits per heavy atom. The van der Waals surface area contributed by atoms with E-state index in [2.05, 4.69) is 49.9 Å². The number of methoxy groups -OCH3 is 1. The van der Waals surface area contributed by atoms with Crippen LogP contribution in [0, 0.1) is 12.8 Å². The predicted octanol–water partition coefficient (Wildman–Crippen LogP) is 3.51. The van der Waals surface area contributed by atoms with Gasteiger partial charge in [0.25, 0.3) is 0 Å². The monoisotopic (exact) mass is 265 g/mol. The summed E-state index contributed by atoms with van der Waals surface area (Å²) >= 11 is 0. The zero-order valence-corrected chi connectivity index (χ0v) is 13.1. The molecule has 0 aromatic carbocycles.